The van der Waals surface area contributed by atoms with Gasteiger partial charge in [0.05, 0.1) is 10.8 Å². The third kappa shape index (κ3) is 6.27. The average Bonchev–Trinajstić information content (AvgIpc) is 2.71. The second-order valence-corrected chi connectivity index (χ2v) is 26.3. The van der Waals surface area contributed by atoms with Gasteiger partial charge in [0.25, 0.3) is 0 Å². The molecule has 382 valence electrons. The van der Waals surface area contributed by atoms with E-state index in [-0.39, 0.29) is 0 Å². The molecule has 0 saturated carbocycles. The Morgan fingerprint density at radius 1 is 0.220 bits per heavy atom. The van der Waals surface area contributed by atoms with Crippen LogP contribution in [0.15, 0.2) is 322 Å². The highest BCUT2D eigenvalue weighted by atomic mass is 28.3. The topological polar surface area (TPSA) is 3.24 Å². The molecular weight excluding hydrogens is 1000 g/mol. The number of anilines is 3. The monoisotopic (exact) mass is 1060 g/mol. The minimum Gasteiger partial charge on any atom is -0.310 e. The first kappa shape index (κ1) is 46.8. The number of benzene rings is 13. The van der Waals surface area contributed by atoms with E-state index in [1.807, 2.05) is 0 Å². The van der Waals surface area contributed by atoms with Crippen LogP contribution in [0.5, 0.6) is 0 Å². The van der Waals surface area contributed by atoms with Crippen LogP contribution in [0, 0.1) is 0 Å². The van der Waals surface area contributed by atoms with Crippen LogP contribution in [-0.2, 0) is 10.8 Å². The summed E-state index contributed by atoms with van der Waals surface area (Å²) < 4.78 is 0. The Bertz CT molecular complexity index is 4550. The van der Waals surface area contributed by atoms with Crippen LogP contribution < -0.4 is 25.6 Å². The Morgan fingerprint density at radius 3 is 1.12 bits per heavy atom. The first-order valence-corrected chi connectivity index (χ1v) is 30.7. The summed E-state index contributed by atoms with van der Waals surface area (Å²) in [5, 5.41) is 5.71. The summed E-state index contributed by atoms with van der Waals surface area (Å²) >= 11 is 0. The van der Waals surface area contributed by atoms with Crippen molar-refractivity contribution in [3.8, 4) is 55.6 Å². The first-order chi connectivity index (χ1) is 40.7. The Balaban J connectivity index is 0.838. The maximum Gasteiger partial charge on any atom is 0.180 e. The highest BCUT2D eigenvalue weighted by Gasteiger charge is 2.52. The lowest BCUT2D eigenvalue weighted by Gasteiger charge is -2.34. The standard InChI is InChI=1S/C80H53NSi/c1-3-23-56(24-4-1)79(71-35-14-7-28-63(71)64-29-8-15-36-72(64)79)57-44-48-59(49-45-57)81(60-50-51-76-70(53-60)67-32-11-18-39-75(67)80(76)73-37-16-9-30-65(73)66-31-10-17-38-74(66)80)58-46-42-54(43-47-58)55-22-21-27-62(52-55)82(61-25-5-2-6-26-61)77-40-19-12-33-68(77)69-34-13-20-41-78(69)82/h1-53H. The van der Waals surface area contributed by atoms with Crippen LogP contribution in [0.2, 0.25) is 0 Å². The van der Waals surface area contributed by atoms with Crippen molar-refractivity contribution in [2.24, 2.45) is 0 Å². The summed E-state index contributed by atoms with van der Waals surface area (Å²) in [7, 11) is -2.68. The van der Waals surface area contributed by atoms with Crippen LogP contribution in [0.1, 0.15) is 44.5 Å². The summed E-state index contributed by atoms with van der Waals surface area (Å²) in [6.45, 7) is 0. The van der Waals surface area contributed by atoms with Crippen LogP contribution in [-0.4, -0.2) is 8.07 Å². The summed E-state index contributed by atoms with van der Waals surface area (Å²) in [6, 6.07) is 122. The van der Waals surface area contributed by atoms with Crippen molar-refractivity contribution in [1.82, 2.24) is 0 Å². The third-order valence-electron chi connectivity index (χ3n) is 18.9. The number of hydrogen-bond acceptors (Lipinski definition) is 1. The lowest BCUT2D eigenvalue weighted by Crippen LogP contribution is -2.72. The predicted molar refractivity (Wildman–Crippen MR) is 343 cm³/mol. The molecule has 2 heteroatoms. The summed E-state index contributed by atoms with van der Waals surface area (Å²) in [4.78, 5) is 2.48. The quantitative estimate of drug-likeness (QED) is 0.137. The minimum atomic E-state index is -2.68. The molecule has 4 aliphatic rings. The molecular formula is C80H53NSi. The Morgan fingerprint density at radius 2 is 0.598 bits per heavy atom. The van der Waals surface area contributed by atoms with Crippen molar-refractivity contribution in [2.45, 2.75) is 10.8 Å². The van der Waals surface area contributed by atoms with Gasteiger partial charge in [-0.3, -0.25) is 0 Å². The minimum absolute atomic E-state index is 0.426. The smallest absolute Gasteiger partial charge is 0.180 e. The lowest BCUT2D eigenvalue weighted by atomic mass is 9.68. The van der Waals surface area contributed by atoms with E-state index in [1.54, 1.807) is 0 Å². The number of nitrogens with zero attached hydrogens (tertiary/aromatic N) is 1. The molecule has 0 radical (unpaired) electrons. The molecule has 13 aromatic carbocycles. The van der Waals surface area contributed by atoms with Gasteiger partial charge in [-0.25, -0.2) is 0 Å². The molecule has 1 aliphatic heterocycles. The Labute approximate surface area is 480 Å². The molecule has 0 aromatic heterocycles. The summed E-state index contributed by atoms with van der Waals surface area (Å²) in [5.74, 6) is 0. The fourth-order valence-electron chi connectivity index (χ4n) is 15.7. The maximum absolute atomic E-state index is 2.68. The fourth-order valence-corrected chi connectivity index (χ4v) is 20.9. The predicted octanol–water partition coefficient (Wildman–Crippen LogP) is 16.9. The van der Waals surface area contributed by atoms with Gasteiger partial charge in [0.2, 0.25) is 0 Å². The lowest BCUT2D eigenvalue weighted by molar-refractivity contribution is 0.768. The SMILES string of the molecule is c1ccc(C2(c3ccc(N(c4ccc(-c5cccc([Si]6(c7ccccc7)c7ccccc7-c7ccccc76)c5)cc4)c4ccc5c(c4)-c4ccccc4C54c5ccccc5-c5ccccc54)cc3)c3ccccc3-c3ccccc32)cc1. The van der Waals surface area contributed by atoms with E-state index in [9.17, 15) is 0 Å². The average molecular weight is 1060 g/mol. The fraction of sp³-hybridized carbons (Fsp3) is 0.0250. The van der Waals surface area contributed by atoms with Crippen molar-refractivity contribution < 1.29 is 0 Å². The van der Waals surface area contributed by atoms with Crippen molar-refractivity contribution in [1.29, 1.82) is 0 Å². The van der Waals surface area contributed by atoms with E-state index in [4.69, 9.17) is 0 Å². The molecule has 1 spiro atoms. The molecule has 0 saturated heterocycles. The van der Waals surface area contributed by atoms with Gasteiger partial charge >= 0.3 is 0 Å². The molecule has 1 nitrogen and oxygen atoms in total. The number of fused-ring (bicyclic) bond motifs is 16. The van der Waals surface area contributed by atoms with Crippen LogP contribution in [0.3, 0.4) is 0 Å². The molecule has 0 bridgehead atoms. The van der Waals surface area contributed by atoms with Gasteiger partial charge in [0.1, 0.15) is 0 Å². The van der Waals surface area contributed by atoms with E-state index >= 15 is 0 Å². The van der Waals surface area contributed by atoms with Gasteiger partial charge in [-0.15, -0.1) is 0 Å². The van der Waals surface area contributed by atoms with E-state index in [0.717, 1.165) is 17.1 Å². The zero-order valence-electron chi connectivity index (χ0n) is 45.0. The molecule has 13 aromatic rings. The maximum atomic E-state index is 2.50. The Kier molecular flexibility index (Phi) is 10.2. The van der Waals surface area contributed by atoms with Crippen LogP contribution in [0.25, 0.3) is 55.6 Å². The second kappa shape index (κ2) is 17.9. The van der Waals surface area contributed by atoms with Crippen molar-refractivity contribution >= 4 is 45.9 Å². The van der Waals surface area contributed by atoms with E-state index in [2.05, 4.69) is 326 Å². The van der Waals surface area contributed by atoms with Gasteiger partial charge in [0.15, 0.2) is 8.07 Å². The molecule has 3 aliphatic carbocycles. The van der Waals surface area contributed by atoms with E-state index in [0.29, 0.717) is 0 Å². The molecule has 82 heavy (non-hydrogen) atoms. The van der Waals surface area contributed by atoms with E-state index in [1.165, 1.54) is 121 Å². The van der Waals surface area contributed by atoms with Crippen molar-refractivity contribution in [3.63, 3.8) is 0 Å². The van der Waals surface area contributed by atoms with Gasteiger partial charge in [-0.05, 0) is 157 Å². The molecule has 0 atom stereocenters. The van der Waals surface area contributed by atoms with Gasteiger partial charge in [-0.1, -0.05) is 285 Å². The highest BCUT2D eigenvalue weighted by molar-refractivity contribution is 7.22. The zero-order chi connectivity index (χ0) is 54.0. The van der Waals surface area contributed by atoms with Crippen molar-refractivity contribution in [2.75, 3.05) is 4.90 Å². The largest absolute Gasteiger partial charge is 0.310 e. The molecule has 0 N–H and O–H groups in total. The zero-order valence-corrected chi connectivity index (χ0v) is 46.0. The highest BCUT2D eigenvalue weighted by Crippen LogP contribution is 2.63. The van der Waals surface area contributed by atoms with Gasteiger partial charge < -0.3 is 4.90 Å². The number of rotatable bonds is 8. The van der Waals surface area contributed by atoms with Crippen LogP contribution >= 0.6 is 0 Å². The first-order valence-electron chi connectivity index (χ1n) is 28.7. The molecule has 1 heterocycles. The summed E-state index contributed by atoms with van der Waals surface area (Å²) in [5.41, 5.74) is 25.7. The molecule has 0 amide bonds. The van der Waals surface area contributed by atoms with Gasteiger partial charge in [0, 0.05) is 17.1 Å². The number of hydrogen-bond donors (Lipinski definition) is 0. The third-order valence-corrected chi connectivity index (χ3v) is 23.7. The molecule has 17 rings (SSSR count). The normalized spacial score (nSPS) is 14.4. The Hall–Kier alpha value is -10.1. The summed E-state index contributed by atoms with van der Waals surface area (Å²) in [6.07, 6.45) is 0. The van der Waals surface area contributed by atoms with Crippen LogP contribution in [0.4, 0.5) is 17.1 Å². The molecule has 0 unspecified atom stereocenters. The van der Waals surface area contributed by atoms with Crippen molar-refractivity contribution in [3.05, 3.63) is 366 Å². The van der Waals surface area contributed by atoms with E-state index < -0.39 is 18.9 Å². The molecule has 0 fully saturated rings. The second-order valence-electron chi connectivity index (χ2n) is 22.5. The van der Waals surface area contributed by atoms with Gasteiger partial charge in [-0.2, -0.15) is 0 Å².